The Kier molecular flexibility index (Phi) is 9.10. The minimum atomic E-state index is -0.543. The predicted octanol–water partition coefficient (Wildman–Crippen LogP) is 5.14. The second kappa shape index (κ2) is 11.2. The molecule has 0 spiro atoms. The first-order chi connectivity index (χ1) is 15.5. The monoisotopic (exact) mass is 456 g/mol. The molecule has 33 heavy (non-hydrogen) atoms. The van der Waals surface area contributed by atoms with Crippen LogP contribution in [-0.4, -0.2) is 41.9 Å². The smallest absolute Gasteiger partial charge is 0.195 e. The highest BCUT2D eigenvalue weighted by atomic mass is 16.5. The number of ether oxygens (including phenoxy) is 2. The van der Waals surface area contributed by atoms with Gasteiger partial charge >= 0.3 is 0 Å². The summed E-state index contributed by atoms with van der Waals surface area (Å²) >= 11 is 0. The molecular formula is C28H40O5. The minimum absolute atomic E-state index is 0.131. The van der Waals surface area contributed by atoms with Crippen molar-refractivity contribution in [2.24, 2.45) is 5.41 Å². The summed E-state index contributed by atoms with van der Waals surface area (Å²) in [6.07, 6.45) is 1.31. The van der Waals surface area contributed by atoms with Gasteiger partial charge in [0.05, 0.1) is 6.10 Å². The maximum absolute atomic E-state index is 11.4. The van der Waals surface area contributed by atoms with Gasteiger partial charge in [-0.15, -0.1) is 0 Å². The van der Waals surface area contributed by atoms with E-state index in [0.717, 1.165) is 29.7 Å². The molecule has 0 saturated carbocycles. The maximum Gasteiger partial charge on any atom is 0.195 e. The number of aliphatic hydroxyl groups is 2. The van der Waals surface area contributed by atoms with Crippen LogP contribution in [0.25, 0.3) is 0 Å². The summed E-state index contributed by atoms with van der Waals surface area (Å²) in [5, 5.41) is 19.2. The van der Waals surface area contributed by atoms with E-state index in [-0.39, 0.29) is 29.8 Å². The number of benzene rings is 2. The molecular weight excluding hydrogens is 416 g/mol. The van der Waals surface area contributed by atoms with E-state index in [4.69, 9.17) is 14.6 Å². The third-order valence-corrected chi connectivity index (χ3v) is 6.62. The van der Waals surface area contributed by atoms with Crippen LogP contribution in [0.4, 0.5) is 0 Å². The fourth-order valence-electron chi connectivity index (χ4n) is 4.07. The van der Waals surface area contributed by atoms with E-state index in [1.54, 1.807) is 0 Å². The highest BCUT2D eigenvalue weighted by Crippen LogP contribution is 2.41. The van der Waals surface area contributed by atoms with E-state index in [1.165, 1.54) is 11.1 Å². The summed E-state index contributed by atoms with van der Waals surface area (Å²) in [6.45, 7) is 14.0. The zero-order valence-corrected chi connectivity index (χ0v) is 21.2. The van der Waals surface area contributed by atoms with E-state index < -0.39 is 12.7 Å². The van der Waals surface area contributed by atoms with Crippen molar-refractivity contribution in [2.45, 2.75) is 72.8 Å². The van der Waals surface area contributed by atoms with Crippen LogP contribution in [0, 0.1) is 19.3 Å². The van der Waals surface area contributed by atoms with Gasteiger partial charge in [0.1, 0.15) is 31.3 Å². The van der Waals surface area contributed by atoms with Gasteiger partial charge in [0.2, 0.25) is 0 Å². The van der Waals surface area contributed by atoms with Gasteiger partial charge in [0, 0.05) is 5.41 Å². The van der Waals surface area contributed by atoms with E-state index in [0.29, 0.717) is 5.75 Å². The van der Waals surface area contributed by atoms with Crippen molar-refractivity contribution in [1.82, 2.24) is 0 Å². The molecule has 0 aliphatic rings. The van der Waals surface area contributed by atoms with Gasteiger partial charge in [-0.3, -0.25) is 4.79 Å². The average Bonchev–Trinajstić information content (AvgIpc) is 2.78. The van der Waals surface area contributed by atoms with Gasteiger partial charge < -0.3 is 19.7 Å². The van der Waals surface area contributed by atoms with Crippen LogP contribution in [0.1, 0.15) is 69.7 Å². The number of aliphatic hydroxyl groups excluding tert-OH is 2. The molecule has 0 aromatic heterocycles. The second-order valence-electron chi connectivity index (χ2n) is 9.93. The fourth-order valence-corrected chi connectivity index (χ4v) is 4.07. The molecule has 0 aliphatic heterocycles. The summed E-state index contributed by atoms with van der Waals surface area (Å²) in [7, 11) is 0. The third-order valence-electron chi connectivity index (χ3n) is 6.62. The van der Waals surface area contributed by atoms with Crippen molar-refractivity contribution in [1.29, 1.82) is 0 Å². The Hall–Kier alpha value is -2.37. The Morgan fingerprint density at radius 3 is 1.79 bits per heavy atom. The van der Waals surface area contributed by atoms with E-state index >= 15 is 0 Å². The number of ketones is 1. The summed E-state index contributed by atoms with van der Waals surface area (Å²) in [6, 6.07) is 12.4. The average molecular weight is 457 g/mol. The lowest BCUT2D eigenvalue weighted by atomic mass is 9.70. The molecule has 1 atom stereocenters. The Bertz CT molecular complexity index is 938. The second-order valence-corrected chi connectivity index (χ2v) is 9.93. The van der Waals surface area contributed by atoms with Crippen LogP contribution in [0.15, 0.2) is 36.4 Å². The van der Waals surface area contributed by atoms with Crippen LogP contribution in [0.3, 0.4) is 0 Å². The van der Waals surface area contributed by atoms with Gasteiger partial charge in [0.25, 0.3) is 0 Å². The van der Waals surface area contributed by atoms with Gasteiger partial charge in [-0.2, -0.15) is 0 Å². The number of hydrogen-bond acceptors (Lipinski definition) is 5. The van der Waals surface area contributed by atoms with Crippen LogP contribution in [0.5, 0.6) is 11.5 Å². The van der Waals surface area contributed by atoms with Crippen molar-refractivity contribution in [3.8, 4) is 11.5 Å². The topological polar surface area (TPSA) is 76.0 Å². The molecule has 2 N–H and O–H groups in total. The van der Waals surface area contributed by atoms with Gasteiger partial charge in [-0.25, -0.2) is 0 Å². The van der Waals surface area contributed by atoms with Crippen molar-refractivity contribution in [2.75, 3.05) is 19.8 Å². The SMILES string of the molecule is CCC(CC)(c1ccc(OCC(=O)CO)c(C)c1)c1ccc(OCC(O)C(C)(C)C)c(C)c1. The predicted molar refractivity (Wildman–Crippen MR) is 132 cm³/mol. The highest BCUT2D eigenvalue weighted by molar-refractivity contribution is 5.80. The number of carbonyl (C=O) groups excluding carboxylic acids is 1. The number of rotatable bonds is 11. The molecule has 1 unspecified atom stereocenters. The van der Waals surface area contributed by atoms with Gasteiger partial charge in [-0.1, -0.05) is 58.9 Å². The zero-order chi connectivity index (χ0) is 24.8. The Balaban J connectivity index is 2.32. The maximum atomic E-state index is 11.4. The lowest BCUT2D eigenvalue weighted by Gasteiger charge is -2.34. The van der Waals surface area contributed by atoms with Crippen molar-refractivity contribution in [3.05, 3.63) is 58.7 Å². The quantitative estimate of drug-likeness (QED) is 0.490. The summed E-state index contributed by atoms with van der Waals surface area (Å²) in [5.41, 5.74) is 4.01. The molecule has 0 fully saturated rings. The van der Waals surface area contributed by atoms with Crippen molar-refractivity contribution >= 4 is 5.78 Å². The highest BCUT2D eigenvalue weighted by Gasteiger charge is 2.32. The Morgan fingerprint density at radius 2 is 1.39 bits per heavy atom. The first-order valence-corrected chi connectivity index (χ1v) is 11.8. The van der Waals surface area contributed by atoms with E-state index in [1.807, 2.05) is 46.8 Å². The molecule has 0 radical (unpaired) electrons. The van der Waals surface area contributed by atoms with E-state index in [9.17, 15) is 9.90 Å². The first-order valence-electron chi connectivity index (χ1n) is 11.8. The standard InChI is InChI=1S/C28H40O5/c1-8-28(9-2,21-10-12-24(19(3)14-21)32-17-23(30)16-29)22-11-13-25(20(4)15-22)33-18-26(31)27(5,6)7/h10-15,26,29,31H,8-9,16-18H2,1-7H3. The summed E-state index contributed by atoms with van der Waals surface area (Å²) < 4.78 is 11.5. The van der Waals surface area contributed by atoms with Gasteiger partial charge in [0.15, 0.2) is 5.78 Å². The largest absolute Gasteiger partial charge is 0.491 e. The van der Waals surface area contributed by atoms with E-state index in [2.05, 4.69) is 38.1 Å². The number of carbonyl (C=O) groups is 1. The summed E-state index contributed by atoms with van der Waals surface area (Å²) in [5.74, 6) is 1.10. The fraction of sp³-hybridized carbons (Fsp3) is 0.536. The molecule has 0 saturated heterocycles. The molecule has 2 aromatic rings. The molecule has 0 aliphatic carbocycles. The molecule has 0 amide bonds. The molecule has 5 nitrogen and oxygen atoms in total. The number of aryl methyl sites for hydroxylation is 2. The lowest BCUT2D eigenvalue weighted by Crippen LogP contribution is -2.32. The molecule has 2 aromatic carbocycles. The minimum Gasteiger partial charge on any atom is -0.491 e. The molecule has 5 heteroatoms. The van der Waals surface area contributed by atoms with Crippen molar-refractivity contribution < 1.29 is 24.5 Å². The Morgan fingerprint density at radius 1 is 0.909 bits per heavy atom. The molecule has 0 heterocycles. The first kappa shape index (κ1) is 26.9. The molecule has 182 valence electrons. The number of hydrogen-bond donors (Lipinski definition) is 2. The van der Waals surface area contributed by atoms with Crippen LogP contribution < -0.4 is 9.47 Å². The normalized spacial score (nSPS) is 13.0. The van der Waals surface area contributed by atoms with Crippen LogP contribution in [-0.2, 0) is 10.2 Å². The molecule has 2 rings (SSSR count). The third kappa shape index (κ3) is 6.36. The van der Waals surface area contributed by atoms with Gasteiger partial charge in [-0.05, 0) is 66.5 Å². The number of Topliss-reactive ketones (excluding diaryl/α,β-unsaturated/α-hetero) is 1. The van der Waals surface area contributed by atoms with Crippen LogP contribution >= 0.6 is 0 Å². The van der Waals surface area contributed by atoms with Crippen molar-refractivity contribution in [3.63, 3.8) is 0 Å². The molecule has 0 bridgehead atoms. The van der Waals surface area contributed by atoms with Crippen LogP contribution in [0.2, 0.25) is 0 Å². The lowest BCUT2D eigenvalue weighted by molar-refractivity contribution is -0.123. The zero-order valence-electron chi connectivity index (χ0n) is 21.2. The Labute approximate surface area is 198 Å². The summed E-state index contributed by atoms with van der Waals surface area (Å²) in [4.78, 5) is 11.4.